The number of halogens is 2. The van der Waals surface area contributed by atoms with Gasteiger partial charge in [-0.2, -0.15) is 9.97 Å². The largest absolute Gasteiger partial charge is 0.399 e. The van der Waals surface area contributed by atoms with Gasteiger partial charge in [-0.3, -0.25) is 9.13 Å². The third-order valence-corrected chi connectivity index (χ3v) is 3.74. The molecule has 0 aliphatic heterocycles. The van der Waals surface area contributed by atoms with Gasteiger partial charge in [0.25, 0.3) is 0 Å². The summed E-state index contributed by atoms with van der Waals surface area (Å²) in [5, 5.41) is 0.345. The van der Waals surface area contributed by atoms with Crippen molar-refractivity contribution in [2.24, 2.45) is 0 Å². The first kappa shape index (κ1) is 14.0. The number of nitrogen functional groups attached to an aromatic ring is 1. The van der Waals surface area contributed by atoms with Crippen LogP contribution in [0, 0.1) is 0 Å². The number of fused-ring (bicyclic) bond motifs is 1. The van der Waals surface area contributed by atoms with Crippen molar-refractivity contribution < 1.29 is 0 Å². The number of anilines is 1. The summed E-state index contributed by atoms with van der Waals surface area (Å²) < 4.78 is 3.39. The summed E-state index contributed by atoms with van der Waals surface area (Å²) >= 11 is 12.4. The summed E-state index contributed by atoms with van der Waals surface area (Å²) in [7, 11) is 0. The maximum absolute atomic E-state index is 6.31. The predicted octanol–water partition coefficient (Wildman–Crippen LogP) is 2.89. The third-order valence-electron chi connectivity index (χ3n) is 3.32. The summed E-state index contributed by atoms with van der Waals surface area (Å²) in [6.07, 6.45) is 4.99. The molecule has 0 radical (unpaired) electrons. The summed E-state index contributed by atoms with van der Waals surface area (Å²) in [4.78, 5) is 16.9. The average molecular weight is 346 g/mol. The minimum absolute atomic E-state index is 0.0921. The Balaban J connectivity index is 2.03. The van der Waals surface area contributed by atoms with E-state index in [9.17, 15) is 0 Å². The minimum atomic E-state index is 0.0921. The standard InChI is InChI=1S/C14H9Cl2N7/c15-13-20-11(22-6-5-18-7-22)10-12(21-13)23(14(16)19-10)9-3-1-8(17)2-4-9/h1-7H,17H2. The molecule has 0 aliphatic carbocycles. The molecule has 7 nitrogen and oxygen atoms in total. The smallest absolute Gasteiger partial charge is 0.226 e. The summed E-state index contributed by atoms with van der Waals surface area (Å²) in [5.41, 5.74) is 8.18. The van der Waals surface area contributed by atoms with E-state index in [1.807, 2.05) is 12.1 Å². The Kier molecular flexibility index (Phi) is 3.17. The molecular formula is C14H9Cl2N7. The van der Waals surface area contributed by atoms with Crippen molar-refractivity contribution in [3.8, 4) is 11.5 Å². The van der Waals surface area contributed by atoms with E-state index in [1.165, 1.54) is 0 Å². The van der Waals surface area contributed by atoms with Gasteiger partial charge >= 0.3 is 0 Å². The lowest BCUT2D eigenvalue weighted by Crippen LogP contribution is -2.01. The van der Waals surface area contributed by atoms with Crippen LogP contribution in [0.5, 0.6) is 0 Å². The molecule has 4 aromatic rings. The number of nitrogens with zero attached hydrogens (tertiary/aromatic N) is 6. The van der Waals surface area contributed by atoms with Crippen LogP contribution >= 0.6 is 23.2 Å². The van der Waals surface area contributed by atoms with E-state index in [0.717, 1.165) is 5.69 Å². The second-order valence-corrected chi connectivity index (χ2v) is 5.44. The molecule has 3 heterocycles. The summed E-state index contributed by atoms with van der Waals surface area (Å²) in [6.45, 7) is 0. The van der Waals surface area contributed by atoms with Crippen molar-refractivity contribution in [1.82, 2.24) is 29.1 Å². The van der Waals surface area contributed by atoms with Crippen molar-refractivity contribution in [1.29, 1.82) is 0 Å². The van der Waals surface area contributed by atoms with Crippen LogP contribution in [0.1, 0.15) is 0 Å². The van der Waals surface area contributed by atoms with Crippen LogP contribution in [-0.2, 0) is 0 Å². The van der Waals surface area contributed by atoms with E-state index in [0.29, 0.717) is 22.7 Å². The zero-order valence-corrected chi connectivity index (χ0v) is 13.1. The van der Waals surface area contributed by atoms with Gasteiger partial charge in [0.1, 0.15) is 6.33 Å². The van der Waals surface area contributed by atoms with Crippen LogP contribution in [0.25, 0.3) is 22.7 Å². The molecule has 1 aromatic carbocycles. The van der Waals surface area contributed by atoms with E-state index in [2.05, 4.69) is 19.9 Å². The number of nitrogens with two attached hydrogens (primary N) is 1. The van der Waals surface area contributed by atoms with Crippen LogP contribution < -0.4 is 5.73 Å². The molecular weight excluding hydrogens is 337 g/mol. The Labute approximate surface area is 140 Å². The first-order chi connectivity index (χ1) is 11.1. The highest BCUT2D eigenvalue weighted by atomic mass is 35.5. The molecule has 114 valence electrons. The number of benzene rings is 1. The number of imidazole rings is 2. The molecule has 0 saturated carbocycles. The van der Waals surface area contributed by atoms with Crippen molar-refractivity contribution in [2.45, 2.75) is 0 Å². The van der Waals surface area contributed by atoms with E-state index < -0.39 is 0 Å². The molecule has 0 bridgehead atoms. The zero-order valence-electron chi connectivity index (χ0n) is 11.6. The van der Waals surface area contributed by atoms with Gasteiger partial charge in [0, 0.05) is 18.1 Å². The van der Waals surface area contributed by atoms with Gasteiger partial charge in [-0.1, -0.05) is 0 Å². The number of hydrogen-bond donors (Lipinski definition) is 1. The molecule has 2 N–H and O–H groups in total. The van der Waals surface area contributed by atoms with Gasteiger partial charge in [-0.05, 0) is 47.5 Å². The second kappa shape index (κ2) is 5.22. The first-order valence-electron chi connectivity index (χ1n) is 6.59. The molecule has 23 heavy (non-hydrogen) atoms. The van der Waals surface area contributed by atoms with E-state index in [4.69, 9.17) is 28.9 Å². The molecule has 0 saturated heterocycles. The fraction of sp³-hybridized carbons (Fsp3) is 0. The highest BCUT2D eigenvalue weighted by molar-refractivity contribution is 6.30. The SMILES string of the molecule is Nc1ccc(-n2c(Cl)nc3c(-n4ccnc4)nc(Cl)nc32)cc1. The molecule has 0 aliphatic rings. The van der Waals surface area contributed by atoms with Gasteiger partial charge in [-0.25, -0.2) is 9.97 Å². The maximum atomic E-state index is 6.31. The number of aromatic nitrogens is 6. The molecule has 3 aromatic heterocycles. The lowest BCUT2D eigenvalue weighted by atomic mass is 10.3. The first-order valence-corrected chi connectivity index (χ1v) is 7.35. The number of hydrogen-bond acceptors (Lipinski definition) is 5. The fourth-order valence-electron chi connectivity index (χ4n) is 2.31. The van der Waals surface area contributed by atoms with Gasteiger partial charge in [0.05, 0.1) is 5.69 Å². The Morgan fingerprint density at radius 1 is 1.00 bits per heavy atom. The molecule has 0 atom stereocenters. The monoisotopic (exact) mass is 345 g/mol. The van der Waals surface area contributed by atoms with Crippen LogP contribution in [0.3, 0.4) is 0 Å². The predicted molar refractivity (Wildman–Crippen MR) is 88.2 cm³/mol. The molecule has 0 spiro atoms. The van der Waals surface area contributed by atoms with Crippen molar-refractivity contribution in [3.05, 3.63) is 53.6 Å². The highest BCUT2D eigenvalue weighted by Crippen LogP contribution is 2.27. The molecule has 0 amide bonds. The normalized spacial score (nSPS) is 11.2. The zero-order chi connectivity index (χ0) is 16.0. The Bertz CT molecular complexity index is 990. The Morgan fingerprint density at radius 3 is 2.48 bits per heavy atom. The van der Waals surface area contributed by atoms with Crippen LogP contribution in [0.15, 0.2) is 43.0 Å². The summed E-state index contributed by atoms with van der Waals surface area (Å²) in [5.74, 6) is 0.508. The average Bonchev–Trinajstić information content (AvgIpc) is 3.15. The van der Waals surface area contributed by atoms with E-state index in [1.54, 1.807) is 40.0 Å². The topological polar surface area (TPSA) is 87.4 Å². The van der Waals surface area contributed by atoms with Crippen molar-refractivity contribution in [3.63, 3.8) is 0 Å². The van der Waals surface area contributed by atoms with Crippen molar-refractivity contribution >= 4 is 40.1 Å². The van der Waals surface area contributed by atoms with Gasteiger partial charge in [-0.15, -0.1) is 0 Å². The molecule has 4 rings (SSSR count). The van der Waals surface area contributed by atoms with Gasteiger partial charge < -0.3 is 5.73 Å². The van der Waals surface area contributed by atoms with Crippen LogP contribution in [-0.4, -0.2) is 29.1 Å². The lowest BCUT2D eigenvalue weighted by Gasteiger charge is -2.06. The highest BCUT2D eigenvalue weighted by Gasteiger charge is 2.18. The Morgan fingerprint density at radius 2 is 1.78 bits per heavy atom. The quantitative estimate of drug-likeness (QED) is 0.343. The summed E-state index contributed by atoms with van der Waals surface area (Å²) in [6, 6.07) is 7.21. The van der Waals surface area contributed by atoms with E-state index >= 15 is 0 Å². The van der Waals surface area contributed by atoms with Gasteiger partial charge in [0.2, 0.25) is 10.6 Å². The molecule has 0 fully saturated rings. The molecule has 9 heteroatoms. The second-order valence-electron chi connectivity index (χ2n) is 4.77. The third kappa shape index (κ3) is 2.30. The molecule has 0 unspecified atom stereocenters. The van der Waals surface area contributed by atoms with Crippen molar-refractivity contribution in [2.75, 3.05) is 5.73 Å². The number of rotatable bonds is 2. The van der Waals surface area contributed by atoms with E-state index in [-0.39, 0.29) is 10.6 Å². The fourth-order valence-corrected chi connectivity index (χ4v) is 2.73. The maximum Gasteiger partial charge on any atom is 0.226 e. The Hall–Kier alpha value is -2.64. The lowest BCUT2D eigenvalue weighted by molar-refractivity contribution is 0.983. The van der Waals surface area contributed by atoms with Crippen LogP contribution in [0.4, 0.5) is 5.69 Å². The van der Waals surface area contributed by atoms with Gasteiger partial charge in [0.15, 0.2) is 17.0 Å². The minimum Gasteiger partial charge on any atom is -0.399 e. The van der Waals surface area contributed by atoms with Crippen LogP contribution in [0.2, 0.25) is 10.6 Å².